The van der Waals surface area contributed by atoms with Crippen LogP contribution >= 0.6 is 22.9 Å². The lowest BCUT2D eigenvalue weighted by Crippen LogP contribution is -2.43. The first-order valence-electron chi connectivity index (χ1n) is 7.99. The minimum absolute atomic E-state index is 0.0385. The third kappa shape index (κ3) is 4.27. The number of carbonyl (C=O) groups excluding carboxylic acids is 2. The van der Waals surface area contributed by atoms with Gasteiger partial charge in [0.15, 0.2) is 0 Å². The molecule has 1 amide bonds. The number of ether oxygens (including phenoxy) is 1. The minimum Gasteiger partial charge on any atom is -0.465 e. The van der Waals surface area contributed by atoms with Crippen LogP contribution in [0.15, 0.2) is 17.3 Å². The summed E-state index contributed by atoms with van der Waals surface area (Å²) in [5, 5.41) is 4.02. The highest BCUT2D eigenvalue weighted by Crippen LogP contribution is 2.31. The predicted molar refractivity (Wildman–Crippen MR) is 91.3 cm³/mol. The third-order valence-electron chi connectivity index (χ3n) is 3.91. The molecule has 1 aromatic heterocycles. The molecule has 8 heteroatoms. The highest BCUT2D eigenvalue weighted by molar-refractivity contribution is 7.18. The maximum absolute atomic E-state index is 12.7. The number of amides is 1. The van der Waals surface area contributed by atoms with Gasteiger partial charge in [-0.25, -0.2) is 0 Å². The Bertz CT molecular complexity index is 656. The summed E-state index contributed by atoms with van der Waals surface area (Å²) < 4.78 is 5.63. The largest absolute Gasteiger partial charge is 0.465 e. The second kappa shape index (κ2) is 7.53. The summed E-state index contributed by atoms with van der Waals surface area (Å²) in [7, 11) is 0. The number of hydrogen-bond donors (Lipinski definition) is 0. The summed E-state index contributed by atoms with van der Waals surface area (Å²) in [6.45, 7) is 2.58. The molecule has 1 aliphatic heterocycles. The van der Waals surface area contributed by atoms with E-state index in [4.69, 9.17) is 21.2 Å². The maximum Gasteiger partial charge on any atom is 0.325 e. The topological polar surface area (TPSA) is 68.2 Å². The molecule has 1 unspecified atom stereocenters. The van der Waals surface area contributed by atoms with Gasteiger partial charge in [0.2, 0.25) is 6.10 Å². The van der Waals surface area contributed by atoms with Crippen LogP contribution in [-0.2, 0) is 19.2 Å². The minimum atomic E-state index is -0.686. The molecule has 130 valence electrons. The lowest BCUT2D eigenvalue weighted by atomic mass is 10.1. The van der Waals surface area contributed by atoms with E-state index in [0.717, 1.165) is 17.7 Å². The third-order valence-corrected chi connectivity index (χ3v) is 5.19. The van der Waals surface area contributed by atoms with Gasteiger partial charge in [-0.2, -0.15) is 0 Å². The zero-order valence-electron chi connectivity index (χ0n) is 13.4. The Balaban J connectivity index is 1.61. The number of rotatable bonds is 7. The van der Waals surface area contributed by atoms with Crippen LogP contribution in [0.5, 0.6) is 0 Å². The van der Waals surface area contributed by atoms with Crippen molar-refractivity contribution in [3.05, 3.63) is 21.3 Å². The molecule has 0 saturated heterocycles. The Kier molecular flexibility index (Phi) is 5.40. The molecule has 0 bridgehead atoms. The standard InChI is InChI=1S/C16H19ClN2O4S/c1-2-22-15(20)9-19(8-10-3-4-10)16(21)12-7-11(18-23-12)13-5-6-14(17)24-13/h5-6,10,12H,2-4,7-9H2,1H3. The van der Waals surface area contributed by atoms with E-state index >= 15 is 0 Å². The van der Waals surface area contributed by atoms with Crippen molar-refractivity contribution in [3.8, 4) is 0 Å². The first-order valence-corrected chi connectivity index (χ1v) is 9.19. The van der Waals surface area contributed by atoms with Gasteiger partial charge in [0.05, 0.1) is 15.8 Å². The molecular weight excluding hydrogens is 352 g/mol. The van der Waals surface area contributed by atoms with E-state index in [1.165, 1.54) is 11.3 Å². The van der Waals surface area contributed by atoms with Gasteiger partial charge in [-0.15, -0.1) is 11.3 Å². The monoisotopic (exact) mass is 370 g/mol. The van der Waals surface area contributed by atoms with Crippen molar-refractivity contribution in [1.82, 2.24) is 4.90 Å². The molecule has 0 spiro atoms. The van der Waals surface area contributed by atoms with E-state index in [1.807, 2.05) is 6.07 Å². The van der Waals surface area contributed by atoms with Crippen LogP contribution in [0, 0.1) is 5.92 Å². The number of hydrogen-bond acceptors (Lipinski definition) is 6. The summed E-state index contributed by atoms with van der Waals surface area (Å²) in [5.41, 5.74) is 0.716. The number of thiophene rings is 1. The normalized spacial score (nSPS) is 19.6. The van der Waals surface area contributed by atoms with E-state index in [1.54, 1.807) is 17.9 Å². The predicted octanol–water partition coefficient (Wildman–Crippen LogP) is 2.70. The molecule has 2 heterocycles. The average Bonchev–Trinajstić information content (AvgIpc) is 3.05. The van der Waals surface area contributed by atoms with Gasteiger partial charge < -0.3 is 14.5 Å². The second-order valence-corrected chi connectivity index (χ2v) is 7.62. The molecule has 0 radical (unpaired) electrons. The first-order chi connectivity index (χ1) is 11.6. The molecule has 1 fully saturated rings. The van der Waals surface area contributed by atoms with Crippen LogP contribution in [0.25, 0.3) is 0 Å². The number of carbonyl (C=O) groups is 2. The Labute approximate surface area is 149 Å². The van der Waals surface area contributed by atoms with Gasteiger partial charge in [0.25, 0.3) is 5.91 Å². The van der Waals surface area contributed by atoms with E-state index in [9.17, 15) is 9.59 Å². The number of halogens is 1. The Hall–Kier alpha value is -1.60. The Morgan fingerprint density at radius 2 is 2.25 bits per heavy atom. The molecule has 1 aromatic rings. The van der Waals surface area contributed by atoms with Crippen molar-refractivity contribution in [3.63, 3.8) is 0 Å². The van der Waals surface area contributed by atoms with Gasteiger partial charge in [0, 0.05) is 13.0 Å². The van der Waals surface area contributed by atoms with Crippen molar-refractivity contribution < 1.29 is 19.2 Å². The van der Waals surface area contributed by atoms with Gasteiger partial charge >= 0.3 is 5.97 Å². The summed E-state index contributed by atoms with van der Waals surface area (Å²) in [4.78, 5) is 32.3. The molecule has 6 nitrogen and oxygen atoms in total. The van der Waals surface area contributed by atoms with Crippen LogP contribution in [0.1, 0.15) is 31.1 Å². The van der Waals surface area contributed by atoms with E-state index in [0.29, 0.717) is 35.5 Å². The van der Waals surface area contributed by atoms with Crippen molar-refractivity contribution in [2.24, 2.45) is 11.1 Å². The number of oxime groups is 1. The van der Waals surface area contributed by atoms with Gasteiger partial charge in [-0.3, -0.25) is 9.59 Å². The molecule has 0 aromatic carbocycles. The molecular formula is C16H19ClN2O4S. The molecule has 1 saturated carbocycles. The van der Waals surface area contributed by atoms with Crippen LogP contribution in [0.4, 0.5) is 0 Å². The lowest BCUT2D eigenvalue weighted by molar-refractivity contribution is -0.153. The van der Waals surface area contributed by atoms with Crippen LogP contribution in [0.3, 0.4) is 0 Å². The molecule has 24 heavy (non-hydrogen) atoms. The average molecular weight is 371 g/mol. The Morgan fingerprint density at radius 1 is 1.46 bits per heavy atom. The summed E-state index contributed by atoms with van der Waals surface area (Å²) in [5.74, 6) is -0.131. The molecule has 1 atom stereocenters. The lowest BCUT2D eigenvalue weighted by Gasteiger charge is -2.23. The molecule has 3 rings (SSSR count). The highest BCUT2D eigenvalue weighted by Gasteiger charge is 2.36. The Morgan fingerprint density at radius 3 is 2.88 bits per heavy atom. The van der Waals surface area contributed by atoms with Crippen LogP contribution in [-0.4, -0.2) is 48.3 Å². The molecule has 0 N–H and O–H groups in total. The SMILES string of the molecule is CCOC(=O)CN(CC1CC1)C(=O)C1CC(c2ccc(Cl)s2)=NO1. The highest BCUT2D eigenvalue weighted by atomic mass is 35.5. The molecule has 1 aliphatic carbocycles. The second-order valence-electron chi connectivity index (χ2n) is 5.91. The zero-order chi connectivity index (χ0) is 17.1. The van der Waals surface area contributed by atoms with Crippen LogP contribution in [0.2, 0.25) is 4.34 Å². The summed E-state index contributed by atoms with van der Waals surface area (Å²) in [6.07, 6.45) is 1.88. The quantitative estimate of drug-likeness (QED) is 0.692. The smallest absolute Gasteiger partial charge is 0.325 e. The number of esters is 1. The maximum atomic E-state index is 12.7. The fourth-order valence-electron chi connectivity index (χ4n) is 2.54. The van der Waals surface area contributed by atoms with E-state index < -0.39 is 12.1 Å². The summed E-state index contributed by atoms with van der Waals surface area (Å²) in [6, 6.07) is 3.65. The fourth-order valence-corrected chi connectivity index (χ4v) is 3.57. The zero-order valence-corrected chi connectivity index (χ0v) is 14.9. The van der Waals surface area contributed by atoms with Crippen molar-refractivity contribution >= 4 is 40.5 Å². The van der Waals surface area contributed by atoms with E-state index in [-0.39, 0.29) is 12.5 Å². The van der Waals surface area contributed by atoms with Gasteiger partial charge in [-0.05, 0) is 37.8 Å². The van der Waals surface area contributed by atoms with Crippen molar-refractivity contribution in [2.75, 3.05) is 19.7 Å². The van der Waals surface area contributed by atoms with Crippen LogP contribution < -0.4 is 0 Å². The van der Waals surface area contributed by atoms with E-state index in [2.05, 4.69) is 5.16 Å². The van der Waals surface area contributed by atoms with Gasteiger partial charge in [-0.1, -0.05) is 16.8 Å². The summed E-state index contributed by atoms with van der Waals surface area (Å²) >= 11 is 7.34. The van der Waals surface area contributed by atoms with Crippen molar-refractivity contribution in [2.45, 2.75) is 32.3 Å². The first kappa shape index (κ1) is 17.2. The van der Waals surface area contributed by atoms with Crippen molar-refractivity contribution in [1.29, 1.82) is 0 Å². The number of nitrogens with zero attached hydrogens (tertiary/aromatic N) is 2. The fraction of sp³-hybridized carbons (Fsp3) is 0.562. The molecule has 2 aliphatic rings. The van der Waals surface area contributed by atoms with Gasteiger partial charge in [0.1, 0.15) is 12.3 Å².